The summed E-state index contributed by atoms with van der Waals surface area (Å²) in [5.74, 6) is -1.76. The maximum atomic E-state index is 13.0. The van der Waals surface area contributed by atoms with Gasteiger partial charge in [0.25, 0.3) is 0 Å². The standard InChI is InChI=1S/C13H17FN2O3/c14-9-5-10(12(18)19)11(15-6-9)16-7-13(8-17)3-1-2-4-13/h5-6,17H,1-4,7-8H2,(H,15,16)(H,18,19). The number of carboxylic acid groups (broad SMARTS) is 1. The van der Waals surface area contributed by atoms with Crippen LogP contribution in [0.15, 0.2) is 12.3 Å². The van der Waals surface area contributed by atoms with E-state index in [1.165, 1.54) is 0 Å². The zero-order valence-corrected chi connectivity index (χ0v) is 10.5. The number of aromatic carboxylic acids is 1. The molecule has 19 heavy (non-hydrogen) atoms. The topological polar surface area (TPSA) is 82.5 Å². The fraction of sp³-hybridized carbons (Fsp3) is 0.538. The highest BCUT2D eigenvalue weighted by molar-refractivity contribution is 5.93. The fourth-order valence-electron chi connectivity index (χ4n) is 2.53. The number of rotatable bonds is 5. The van der Waals surface area contributed by atoms with Crippen molar-refractivity contribution in [3.05, 3.63) is 23.6 Å². The molecule has 2 rings (SSSR count). The van der Waals surface area contributed by atoms with Crippen LogP contribution < -0.4 is 5.32 Å². The van der Waals surface area contributed by atoms with Gasteiger partial charge in [-0.3, -0.25) is 0 Å². The number of hydrogen-bond acceptors (Lipinski definition) is 4. The number of pyridine rings is 1. The summed E-state index contributed by atoms with van der Waals surface area (Å²) < 4.78 is 13.0. The Kier molecular flexibility index (Phi) is 3.99. The number of aliphatic hydroxyl groups excluding tert-OH is 1. The van der Waals surface area contributed by atoms with Crippen LogP contribution in [0.5, 0.6) is 0 Å². The van der Waals surface area contributed by atoms with Crippen LogP contribution in [0.4, 0.5) is 10.2 Å². The SMILES string of the molecule is O=C(O)c1cc(F)cnc1NCC1(CO)CCCC1. The van der Waals surface area contributed by atoms with Gasteiger partial charge in [0.05, 0.1) is 12.8 Å². The van der Waals surface area contributed by atoms with Crippen LogP contribution in [-0.2, 0) is 0 Å². The van der Waals surface area contributed by atoms with E-state index in [0.717, 1.165) is 37.9 Å². The Morgan fingerprint density at radius 2 is 2.16 bits per heavy atom. The van der Waals surface area contributed by atoms with Gasteiger partial charge in [-0.2, -0.15) is 0 Å². The van der Waals surface area contributed by atoms with Gasteiger partial charge in [0.1, 0.15) is 17.2 Å². The number of carboxylic acids is 1. The number of aromatic nitrogens is 1. The van der Waals surface area contributed by atoms with Gasteiger partial charge in [0, 0.05) is 12.0 Å². The van der Waals surface area contributed by atoms with Crippen molar-refractivity contribution >= 4 is 11.8 Å². The summed E-state index contributed by atoms with van der Waals surface area (Å²) in [6, 6.07) is 0.942. The molecule has 1 fully saturated rings. The molecule has 0 bridgehead atoms. The molecule has 1 aromatic rings. The molecule has 1 aliphatic rings. The summed E-state index contributed by atoms with van der Waals surface area (Å²) in [5.41, 5.74) is -0.405. The molecule has 0 radical (unpaired) electrons. The third kappa shape index (κ3) is 3.01. The molecular formula is C13H17FN2O3. The average molecular weight is 268 g/mol. The molecule has 1 saturated carbocycles. The van der Waals surface area contributed by atoms with E-state index in [9.17, 15) is 14.3 Å². The predicted octanol–water partition coefficient (Wildman–Crippen LogP) is 1.88. The van der Waals surface area contributed by atoms with Crippen LogP contribution in [0, 0.1) is 11.2 Å². The van der Waals surface area contributed by atoms with Crippen LogP contribution in [-0.4, -0.2) is 34.3 Å². The van der Waals surface area contributed by atoms with Crippen LogP contribution in [0.25, 0.3) is 0 Å². The molecule has 6 heteroatoms. The van der Waals surface area contributed by atoms with Crippen molar-refractivity contribution in [1.29, 1.82) is 0 Å². The number of carbonyl (C=O) groups is 1. The third-order valence-corrected chi connectivity index (χ3v) is 3.72. The first-order valence-corrected chi connectivity index (χ1v) is 6.30. The van der Waals surface area contributed by atoms with Gasteiger partial charge in [-0.05, 0) is 18.9 Å². The summed E-state index contributed by atoms with van der Waals surface area (Å²) in [4.78, 5) is 14.8. The van der Waals surface area contributed by atoms with E-state index < -0.39 is 11.8 Å². The molecule has 0 amide bonds. The van der Waals surface area contributed by atoms with E-state index in [2.05, 4.69) is 10.3 Å². The highest BCUT2D eigenvalue weighted by Gasteiger charge is 2.33. The van der Waals surface area contributed by atoms with Crippen molar-refractivity contribution in [2.24, 2.45) is 5.41 Å². The maximum absolute atomic E-state index is 13.0. The first-order chi connectivity index (χ1) is 9.06. The number of halogens is 1. The smallest absolute Gasteiger partial charge is 0.339 e. The van der Waals surface area contributed by atoms with Gasteiger partial charge in [-0.25, -0.2) is 14.2 Å². The molecular weight excluding hydrogens is 251 g/mol. The Bertz CT molecular complexity index is 473. The largest absolute Gasteiger partial charge is 0.478 e. The molecule has 0 saturated heterocycles. The summed E-state index contributed by atoms with van der Waals surface area (Å²) in [7, 11) is 0. The minimum Gasteiger partial charge on any atom is -0.478 e. The molecule has 0 spiro atoms. The molecule has 1 aliphatic carbocycles. The minimum absolute atomic E-state index is 0.0591. The average Bonchev–Trinajstić information content (AvgIpc) is 2.86. The van der Waals surface area contributed by atoms with Crippen LogP contribution in [0.3, 0.4) is 0 Å². The highest BCUT2D eigenvalue weighted by atomic mass is 19.1. The van der Waals surface area contributed by atoms with Gasteiger partial charge in [0.15, 0.2) is 0 Å². The second kappa shape index (κ2) is 5.52. The van der Waals surface area contributed by atoms with Crippen LogP contribution >= 0.6 is 0 Å². The first kappa shape index (κ1) is 13.7. The van der Waals surface area contributed by atoms with Crippen molar-refractivity contribution in [2.45, 2.75) is 25.7 Å². The molecule has 0 unspecified atom stereocenters. The molecule has 1 heterocycles. The third-order valence-electron chi connectivity index (χ3n) is 3.72. The Morgan fingerprint density at radius 1 is 1.47 bits per heavy atom. The van der Waals surface area contributed by atoms with Gasteiger partial charge in [-0.15, -0.1) is 0 Å². The number of aliphatic hydroxyl groups is 1. The predicted molar refractivity (Wildman–Crippen MR) is 67.6 cm³/mol. The van der Waals surface area contributed by atoms with Gasteiger partial charge in [-0.1, -0.05) is 12.8 Å². The summed E-state index contributed by atoms with van der Waals surface area (Å²) in [6.07, 6.45) is 4.91. The number of nitrogens with zero attached hydrogens (tertiary/aromatic N) is 1. The summed E-state index contributed by atoms with van der Waals surface area (Å²) in [5, 5.41) is 21.4. The van der Waals surface area contributed by atoms with E-state index in [-0.39, 0.29) is 23.4 Å². The van der Waals surface area contributed by atoms with E-state index in [0.29, 0.717) is 6.54 Å². The fourth-order valence-corrected chi connectivity index (χ4v) is 2.53. The first-order valence-electron chi connectivity index (χ1n) is 6.30. The van der Waals surface area contributed by atoms with E-state index >= 15 is 0 Å². The summed E-state index contributed by atoms with van der Waals surface area (Å²) in [6.45, 7) is 0.506. The Labute approximate surface area is 110 Å². The number of nitrogens with one attached hydrogen (secondary N) is 1. The minimum atomic E-state index is -1.22. The second-order valence-corrected chi connectivity index (χ2v) is 5.07. The van der Waals surface area contributed by atoms with Crippen molar-refractivity contribution in [3.8, 4) is 0 Å². The van der Waals surface area contributed by atoms with Crippen molar-refractivity contribution in [2.75, 3.05) is 18.5 Å². The molecule has 0 aliphatic heterocycles. The van der Waals surface area contributed by atoms with E-state index in [4.69, 9.17) is 5.11 Å². The molecule has 104 valence electrons. The number of hydrogen-bond donors (Lipinski definition) is 3. The lowest BCUT2D eigenvalue weighted by molar-refractivity contribution is 0.0697. The van der Waals surface area contributed by atoms with E-state index in [1.807, 2.05) is 0 Å². The Balaban J connectivity index is 2.13. The molecule has 3 N–H and O–H groups in total. The zero-order chi connectivity index (χ0) is 13.9. The quantitative estimate of drug-likeness (QED) is 0.759. The van der Waals surface area contributed by atoms with Gasteiger partial charge < -0.3 is 15.5 Å². The number of anilines is 1. The normalized spacial score (nSPS) is 17.4. The van der Waals surface area contributed by atoms with Crippen LogP contribution in [0.1, 0.15) is 36.0 Å². The summed E-state index contributed by atoms with van der Waals surface area (Å²) >= 11 is 0. The Morgan fingerprint density at radius 3 is 2.74 bits per heavy atom. The van der Waals surface area contributed by atoms with Crippen molar-refractivity contribution < 1.29 is 19.4 Å². The van der Waals surface area contributed by atoms with Gasteiger partial charge in [0.2, 0.25) is 0 Å². The molecule has 1 aromatic heterocycles. The molecule has 0 atom stereocenters. The maximum Gasteiger partial charge on any atom is 0.339 e. The van der Waals surface area contributed by atoms with Crippen LogP contribution in [0.2, 0.25) is 0 Å². The lowest BCUT2D eigenvalue weighted by Gasteiger charge is -2.27. The van der Waals surface area contributed by atoms with Crippen molar-refractivity contribution in [3.63, 3.8) is 0 Å². The zero-order valence-electron chi connectivity index (χ0n) is 10.5. The second-order valence-electron chi connectivity index (χ2n) is 5.07. The monoisotopic (exact) mass is 268 g/mol. The molecule has 0 aromatic carbocycles. The Hall–Kier alpha value is -1.69. The van der Waals surface area contributed by atoms with E-state index in [1.54, 1.807) is 0 Å². The van der Waals surface area contributed by atoms with Gasteiger partial charge >= 0.3 is 5.97 Å². The molecule has 5 nitrogen and oxygen atoms in total. The highest BCUT2D eigenvalue weighted by Crippen LogP contribution is 2.37. The van der Waals surface area contributed by atoms with Crippen molar-refractivity contribution in [1.82, 2.24) is 4.98 Å². The lowest BCUT2D eigenvalue weighted by Crippen LogP contribution is -2.31. The lowest BCUT2D eigenvalue weighted by atomic mass is 9.87.